The molecule has 0 fully saturated rings. The van der Waals surface area contributed by atoms with E-state index in [0.717, 1.165) is 24.5 Å². The summed E-state index contributed by atoms with van der Waals surface area (Å²) in [6.07, 6.45) is 2.73. The van der Waals surface area contributed by atoms with E-state index in [0.29, 0.717) is 6.54 Å². The number of ether oxygens (including phenoxy) is 2. The molecule has 1 aliphatic rings. The van der Waals surface area contributed by atoms with Crippen molar-refractivity contribution in [3.63, 3.8) is 0 Å². The fraction of sp³-hybridized carbons (Fsp3) is 0.350. The number of benzene rings is 2. The second-order valence-electron chi connectivity index (χ2n) is 6.02. The van der Waals surface area contributed by atoms with Crippen LogP contribution in [0.1, 0.15) is 22.7 Å². The van der Waals surface area contributed by atoms with Crippen LogP contribution in [0, 0.1) is 0 Å². The maximum Gasteiger partial charge on any atom is 0.202 e. The van der Waals surface area contributed by atoms with Gasteiger partial charge in [0.25, 0.3) is 0 Å². The number of fused-ring (bicyclic) bond motifs is 1. The molecule has 4 nitrogen and oxygen atoms in total. The molecule has 1 unspecified atom stereocenters. The Morgan fingerprint density at radius 2 is 1.84 bits per heavy atom. The Labute approximate surface area is 153 Å². The number of nitrogens with zero attached hydrogens (tertiary/aromatic N) is 1. The van der Waals surface area contributed by atoms with Gasteiger partial charge in [0.05, 0.1) is 26.8 Å². The highest BCUT2D eigenvalue weighted by molar-refractivity contribution is 8.13. The number of hydrogen-bond acceptors (Lipinski definition) is 5. The summed E-state index contributed by atoms with van der Waals surface area (Å²) >= 11 is 1.29. The van der Waals surface area contributed by atoms with Crippen molar-refractivity contribution < 1.29 is 14.3 Å². The van der Waals surface area contributed by atoms with Crippen LogP contribution in [0.3, 0.4) is 0 Å². The molecular weight excluding hydrogens is 334 g/mol. The van der Waals surface area contributed by atoms with E-state index in [4.69, 9.17) is 9.47 Å². The van der Waals surface area contributed by atoms with Gasteiger partial charge >= 0.3 is 0 Å². The van der Waals surface area contributed by atoms with E-state index < -0.39 is 0 Å². The largest absolute Gasteiger partial charge is 0.493 e. The Hall–Kier alpha value is -1.98. The van der Waals surface area contributed by atoms with Crippen LogP contribution < -0.4 is 9.47 Å². The first-order chi connectivity index (χ1) is 12.2. The highest BCUT2D eigenvalue weighted by atomic mass is 32.2. The molecule has 5 heteroatoms. The van der Waals surface area contributed by atoms with E-state index in [1.54, 1.807) is 14.2 Å². The zero-order valence-corrected chi connectivity index (χ0v) is 15.6. The fourth-order valence-corrected chi connectivity index (χ4v) is 3.72. The first kappa shape index (κ1) is 17.8. The van der Waals surface area contributed by atoms with Gasteiger partial charge in [0.15, 0.2) is 11.5 Å². The maximum atomic E-state index is 12.1. The Morgan fingerprint density at radius 1 is 1.16 bits per heavy atom. The lowest BCUT2D eigenvalue weighted by atomic mass is 9.87. The molecule has 1 atom stereocenters. The summed E-state index contributed by atoms with van der Waals surface area (Å²) < 4.78 is 11.0. The fourth-order valence-electron chi connectivity index (χ4n) is 3.42. The number of methoxy groups -OCH3 is 2. The van der Waals surface area contributed by atoms with Crippen LogP contribution in [0.25, 0.3) is 0 Å². The number of rotatable bonds is 5. The second kappa shape index (κ2) is 7.93. The highest BCUT2D eigenvalue weighted by Gasteiger charge is 2.31. The number of thioether (sulfide) groups is 1. The lowest BCUT2D eigenvalue weighted by Crippen LogP contribution is -2.39. The molecule has 0 amide bonds. The lowest BCUT2D eigenvalue weighted by molar-refractivity contribution is -0.112. The molecule has 0 saturated carbocycles. The van der Waals surface area contributed by atoms with Crippen molar-refractivity contribution in [1.82, 2.24) is 4.90 Å². The van der Waals surface area contributed by atoms with E-state index in [-0.39, 0.29) is 11.2 Å². The van der Waals surface area contributed by atoms with Gasteiger partial charge in [-0.1, -0.05) is 42.1 Å². The average Bonchev–Trinajstić information content (AvgIpc) is 2.67. The van der Waals surface area contributed by atoms with Crippen molar-refractivity contribution in [1.29, 1.82) is 0 Å². The molecule has 132 valence electrons. The Morgan fingerprint density at radius 3 is 2.48 bits per heavy atom. The van der Waals surface area contributed by atoms with Crippen LogP contribution >= 0.6 is 11.8 Å². The van der Waals surface area contributed by atoms with Crippen LogP contribution in [0.15, 0.2) is 42.5 Å². The molecule has 0 bridgehead atoms. The maximum absolute atomic E-state index is 12.1. The Kier molecular flexibility index (Phi) is 5.66. The molecule has 2 aromatic carbocycles. The lowest BCUT2D eigenvalue weighted by Gasteiger charge is -2.37. The van der Waals surface area contributed by atoms with E-state index in [1.165, 1.54) is 28.5 Å². The molecule has 3 rings (SSSR count). The summed E-state index contributed by atoms with van der Waals surface area (Å²) in [5.41, 5.74) is 3.62. The molecule has 0 radical (unpaired) electrons. The van der Waals surface area contributed by atoms with Crippen LogP contribution in [-0.4, -0.2) is 43.6 Å². The van der Waals surface area contributed by atoms with Crippen LogP contribution in [0.5, 0.6) is 11.5 Å². The van der Waals surface area contributed by atoms with Crippen molar-refractivity contribution in [2.45, 2.75) is 12.5 Å². The van der Waals surface area contributed by atoms with Gasteiger partial charge in [0.1, 0.15) is 0 Å². The Bertz CT molecular complexity index is 748. The minimum atomic E-state index is 0.0425. The van der Waals surface area contributed by atoms with Gasteiger partial charge in [0.2, 0.25) is 5.12 Å². The molecule has 0 saturated heterocycles. The van der Waals surface area contributed by atoms with Crippen molar-refractivity contribution in [2.75, 3.05) is 33.6 Å². The minimum Gasteiger partial charge on any atom is -0.493 e. The van der Waals surface area contributed by atoms with Gasteiger partial charge in [-0.2, -0.15) is 0 Å². The van der Waals surface area contributed by atoms with E-state index >= 15 is 0 Å². The minimum absolute atomic E-state index is 0.0425. The molecular formula is C20H23NO3S. The molecule has 25 heavy (non-hydrogen) atoms. The third-order valence-corrected chi connectivity index (χ3v) is 5.23. The third kappa shape index (κ3) is 3.67. The van der Waals surface area contributed by atoms with Crippen molar-refractivity contribution in [3.8, 4) is 11.5 Å². The summed E-state index contributed by atoms with van der Waals surface area (Å²) in [6, 6.07) is 14.5. The van der Waals surface area contributed by atoms with Gasteiger partial charge < -0.3 is 9.47 Å². The Balaban J connectivity index is 2.09. The van der Waals surface area contributed by atoms with E-state index in [9.17, 15) is 4.79 Å². The molecule has 1 heterocycles. The quantitative estimate of drug-likeness (QED) is 0.818. The second-order valence-corrected chi connectivity index (χ2v) is 6.88. The van der Waals surface area contributed by atoms with E-state index in [2.05, 4.69) is 29.2 Å². The first-order valence-corrected chi connectivity index (χ1v) is 9.51. The highest BCUT2D eigenvalue weighted by Crippen LogP contribution is 2.40. The average molecular weight is 357 g/mol. The first-order valence-electron chi connectivity index (χ1n) is 8.28. The third-order valence-electron chi connectivity index (χ3n) is 4.65. The van der Waals surface area contributed by atoms with Crippen LogP contribution in [0.4, 0.5) is 0 Å². The number of hydrogen-bond donors (Lipinski definition) is 0. The van der Waals surface area contributed by atoms with Gasteiger partial charge in [-0.3, -0.25) is 9.69 Å². The van der Waals surface area contributed by atoms with Crippen LogP contribution in [-0.2, 0) is 11.2 Å². The summed E-state index contributed by atoms with van der Waals surface area (Å²) in [4.78, 5) is 14.3. The van der Waals surface area contributed by atoms with Crippen LogP contribution in [0.2, 0.25) is 0 Å². The molecule has 0 N–H and O–H groups in total. The molecule has 2 aromatic rings. The van der Waals surface area contributed by atoms with Crippen molar-refractivity contribution in [3.05, 3.63) is 59.2 Å². The zero-order valence-electron chi connectivity index (χ0n) is 14.8. The summed E-state index contributed by atoms with van der Waals surface area (Å²) in [7, 11) is 3.31. The molecule has 0 aromatic heterocycles. The molecule has 0 aliphatic carbocycles. The van der Waals surface area contributed by atoms with Crippen molar-refractivity contribution in [2.24, 2.45) is 0 Å². The summed E-state index contributed by atoms with van der Waals surface area (Å²) in [6.45, 7) is 1.28. The van der Waals surface area contributed by atoms with Gasteiger partial charge in [-0.15, -0.1) is 0 Å². The van der Waals surface area contributed by atoms with Crippen molar-refractivity contribution >= 4 is 16.9 Å². The van der Waals surface area contributed by atoms with Gasteiger partial charge in [-0.05, 0) is 41.5 Å². The number of carbonyl (C=O) groups is 1. The standard InChI is InChI=1S/C20H23NO3S/c1-23-17-11-15-9-10-21(13-19(22)25-3)20(14-7-5-4-6-8-14)16(15)12-18(17)24-2/h4-8,11-12,20H,9-10,13H2,1-3H3. The SMILES string of the molecule is COc1cc2c(cc1OC)C(c1ccccc1)N(CC(=O)SC)CC2. The van der Waals surface area contributed by atoms with Gasteiger partial charge in [-0.25, -0.2) is 0 Å². The van der Waals surface area contributed by atoms with Gasteiger partial charge in [0, 0.05) is 6.54 Å². The normalized spacial score (nSPS) is 17.0. The topological polar surface area (TPSA) is 38.8 Å². The predicted molar refractivity (Wildman–Crippen MR) is 102 cm³/mol. The smallest absolute Gasteiger partial charge is 0.202 e. The monoisotopic (exact) mass is 357 g/mol. The summed E-state index contributed by atoms with van der Waals surface area (Å²) in [5, 5.41) is 0.185. The molecule has 1 aliphatic heterocycles. The number of carbonyl (C=O) groups excluding carboxylic acids is 1. The van der Waals surface area contributed by atoms with E-state index in [1.807, 2.05) is 24.5 Å². The zero-order chi connectivity index (χ0) is 17.8. The summed E-state index contributed by atoms with van der Waals surface area (Å²) in [5.74, 6) is 1.47. The molecule has 0 spiro atoms. The predicted octanol–water partition coefficient (Wildman–Crippen LogP) is 3.54.